The van der Waals surface area contributed by atoms with Crippen molar-refractivity contribution in [3.05, 3.63) is 22.4 Å². The van der Waals surface area contributed by atoms with Crippen molar-refractivity contribution in [2.45, 2.75) is 25.8 Å². The summed E-state index contributed by atoms with van der Waals surface area (Å²) >= 11 is 1.73. The van der Waals surface area contributed by atoms with Gasteiger partial charge >= 0.3 is 0 Å². The van der Waals surface area contributed by atoms with Crippen molar-refractivity contribution in [2.75, 3.05) is 0 Å². The molecule has 0 aliphatic heterocycles. The van der Waals surface area contributed by atoms with Crippen molar-refractivity contribution in [3.63, 3.8) is 0 Å². The number of hydrogen-bond acceptors (Lipinski definition) is 3. The molecule has 1 atom stereocenters. The van der Waals surface area contributed by atoms with Crippen molar-refractivity contribution in [3.8, 4) is 0 Å². The van der Waals surface area contributed by atoms with Gasteiger partial charge in [-0.05, 0) is 35.2 Å². The maximum absolute atomic E-state index is 5.35. The normalized spacial score (nSPS) is 13.3. The molecule has 0 aromatic carbocycles. The van der Waals surface area contributed by atoms with Gasteiger partial charge in [0.25, 0.3) is 0 Å². The van der Waals surface area contributed by atoms with Crippen LogP contribution >= 0.6 is 11.3 Å². The van der Waals surface area contributed by atoms with Crippen molar-refractivity contribution >= 4 is 11.3 Å². The van der Waals surface area contributed by atoms with Crippen LogP contribution < -0.4 is 11.3 Å². The van der Waals surface area contributed by atoms with E-state index in [1.165, 1.54) is 5.56 Å². The third-order valence-electron chi connectivity index (χ3n) is 1.79. The molecule has 2 nitrogen and oxygen atoms in total. The van der Waals surface area contributed by atoms with E-state index in [9.17, 15) is 0 Å². The Morgan fingerprint density at radius 2 is 2.55 bits per heavy atom. The molecule has 1 heterocycles. The van der Waals surface area contributed by atoms with Gasteiger partial charge in [0.2, 0.25) is 0 Å². The van der Waals surface area contributed by atoms with Gasteiger partial charge in [-0.1, -0.05) is 6.92 Å². The van der Waals surface area contributed by atoms with Gasteiger partial charge in [0, 0.05) is 6.04 Å². The van der Waals surface area contributed by atoms with Crippen LogP contribution in [-0.4, -0.2) is 6.04 Å². The lowest BCUT2D eigenvalue weighted by Gasteiger charge is -2.11. The molecular weight excluding hydrogens is 156 g/mol. The molecule has 1 aromatic rings. The lowest BCUT2D eigenvalue weighted by molar-refractivity contribution is 0.511. The number of hydrazine groups is 1. The van der Waals surface area contributed by atoms with Gasteiger partial charge in [-0.3, -0.25) is 11.3 Å². The van der Waals surface area contributed by atoms with Gasteiger partial charge in [-0.2, -0.15) is 11.3 Å². The quantitative estimate of drug-likeness (QED) is 0.531. The summed E-state index contributed by atoms with van der Waals surface area (Å²) in [5.74, 6) is 5.35. The topological polar surface area (TPSA) is 38.0 Å². The van der Waals surface area contributed by atoms with Crippen LogP contribution in [0.3, 0.4) is 0 Å². The van der Waals surface area contributed by atoms with Gasteiger partial charge in [0.15, 0.2) is 0 Å². The summed E-state index contributed by atoms with van der Waals surface area (Å²) in [5.41, 5.74) is 4.17. The van der Waals surface area contributed by atoms with Gasteiger partial charge < -0.3 is 0 Å². The van der Waals surface area contributed by atoms with Crippen molar-refractivity contribution in [1.29, 1.82) is 0 Å². The fourth-order valence-electron chi connectivity index (χ4n) is 1.01. The Balaban J connectivity index is 2.41. The summed E-state index contributed by atoms with van der Waals surface area (Å²) in [7, 11) is 0. The van der Waals surface area contributed by atoms with Crippen LogP contribution in [0.1, 0.15) is 18.9 Å². The molecule has 0 bridgehead atoms. The fraction of sp³-hybridized carbons (Fsp3) is 0.500. The molecule has 0 saturated heterocycles. The fourth-order valence-corrected chi connectivity index (χ4v) is 1.70. The highest BCUT2D eigenvalue weighted by molar-refractivity contribution is 7.07. The molecule has 1 aromatic heterocycles. The van der Waals surface area contributed by atoms with Crippen LogP contribution in [0.25, 0.3) is 0 Å². The highest BCUT2D eigenvalue weighted by Gasteiger charge is 2.03. The molecule has 0 saturated carbocycles. The van der Waals surface area contributed by atoms with E-state index in [2.05, 4.69) is 29.2 Å². The largest absolute Gasteiger partial charge is 0.271 e. The molecule has 11 heavy (non-hydrogen) atoms. The molecule has 62 valence electrons. The van der Waals surface area contributed by atoms with Gasteiger partial charge in [-0.25, -0.2) is 0 Å². The first kappa shape index (κ1) is 8.71. The van der Waals surface area contributed by atoms with Crippen LogP contribution in [0.15, 0.2) is 16.8 Å². The van der Waals surface area contributed by atoms with E-state index >= 15 is 0 Å². The van der Waals surface area contributed by atoms with Crippen molar-refractivity contribution in [2.24, 2.45) is 5.84 Å². The Morgan fingerprint density at radius 3 is 3.00 bits per heavy atom. The maximum atomic E-state index is 5.35. The van der Waals surface area contributed by atoms with Crippen LogP contribution in [0.4, 0.5) is 0 Å². The zero-order valence-corrected chi connectivity index (χ0v) is 7.53. The summed E-state index contributed by atoms with van der Waals surface area (Å²) in [5, 5.41) is 4.26. The molecule has 1 rings (SSSR count). The Kier molecular flexibility index (Phi) is 3.56. The van der Waals surface area contributed by atoms with Crippen LogP contribution in [0, 0.1) is 0 Å². The Hall–Kier alpha value is -0.380. The lowest BCUT2D eigenvalue weighted by atomic mass is 10.1. The molecule has 3 heteroatoms. The van der Waals surface area contributed by atoms with Crippen LogP contribution in [-0.2, 0) is 6.42 Å². The monoisotopic (exact) mass is 170 g/mol. The van der Waals surface area contributed by atoms with E-state index in [1.807, 2.05) is 0 Å². The van der Waals surface area contributed by atoms with E-state index in [1.54, 1.807) is 11.3 Å². The minimum Gasteiger partial charge on any atom is -0.271 e. The number of nitrogens with one attached hydrogen (secondary N) is 1. The summed E-state index contributed by atoms with van der Waals surface area (Å²) in [4.78, 5) is 0. The summed E-state index contributed by atoms with van der Waals surface area (Å²) in [6, 6.07) is 2.56. The third kappa shape index (κ3) is 2.61. The molecule has 1 unspecified atom stereocenters. The molecular formula is C8H14N2S. The molecule has 0 aliphatic carbocycles. The summed E-state index contributed by atoms with van der Waals surface area (Å²) in [6.07, 6.45) is 2.11. The van der Waals surface area contributed by atoms with Crippen molar-refractivity contribution in [1.82, 2.24) is 5.43 Å². The first-order valence-electron chi connectivity index (χ1n) is 3.84. The van der Waals surface area contributed by atoms with Gasteiger partial charge in [-0.15, -0.1) is 0 Å². The second kappa shape index (κ2) is 4.49. The summed E-state index contributed by atoms with van der Waals surface area (Å²) < 4.78 is 0. The highest BCUT2D eigenvalue weighted by atomic mass is 32.1. The maximum Gasteiger partial charge on any atom is 0.0248 e. The minimum atomic E-state index is 0.421. The predicted molar refractivity (Wildman–Crippen MR) is 49.4 cm³/mol. The number of thiophene rings is 1. The van der Waals surface area contributed by atoms with E-state index in [4.69, 9.17) is 5.84 Å². The molecule has 0 aliphatic rings. The van der Waals surface area contributed by atoms with Crippen LogP contribution in [0.2, 0.25) is 0 Å². The second-order valence-electron chi connectivity index (χ2n) is 2.61. The number of hydrogen-bond donors (Lipinski definition) is 2. The summed E-state index contributed by atoms with van der Waals surface area (Å²) in [6.45, 7) is 2.14. The predicted octanol–water partition coefficient (Wildman–Crippen LogP) is 1.53. The first-order valence-corrected chi connectivity index (χ1v) is 4.78. The smallest absolute Gasteiger partial charge is 0.0248 e. The average Bonchev–Trinajstić information content (AvgIpc) is 2.52. The molecule has 0 fully saturated rings. The standard InChI is InChI=1S/C8H14N2S/c1-2-8(10-9)5-7-3-4-11-6-7/h3-4,6,8,10H,2,5,9H2,1H3. The molecule has 0 spiro atoms. The van der Waals surface area contributed by atoms with E-state index in [0.29, 0.717) is 6.04 Å². The van der Waals surface area contributed by atoms with Crippen molar-refractivity contribution < 1.29 is 0 Å². The molecule has 3 N–H and O–H groups in total. The zero-order valence-electron chi connectivity index (χ0n) is 6.71. The third-order valence-corrected chi connectivity index (χ3v) is 2.52. The molecule has 0 amide bonds. The zero-order chi connectivity index (χ0) is 8.10. The Morgan fingerprint density at radius 1 is 1.73 bits per heavy atom. The van der Waals surface area contributed by atoms with E-state index in [-0.39, 0.29) is 0 Å². The second-order valence-corrected chi connectivity index (χ2v) is 3.39. The SMILES string of the molecule is CCC(Cc1ccsc1)NN. The minimum absolute atomic E-state index is 0.421. The lowest BCUT2D eigenvalue weighted by Crippen LogP contribution is -2.35. The van der Waals surface area contributed by atoms with E-state index < -0.39 is 0 Å². The molecule has 0 radical (unpaired) electrons. The Labute approximate surface area is 71.4 Å². The van der Waals surface area contributed by atoms with Crippen LogP contribution in [0.5, 0.6) is 0 Å². The van der Waals surface area contributed by atoms with Gasteiger partial charge in [0.1, 0.15) is 0 Å². The van der Waals surface area contributed by atoms with E-state index in [0.717, 1.165) is 12.8 Å². The first-order chi connectivity index (χ1) is 5.36. The van der Waals surface area contributed by atoms with Gasteiger partial charge in [0.05, 0.1) is 0 Å². The number of nitrogens with two attached hydrogens (primary N) is 1. The average molecular weight is 170 g/mol. The highest BCUT2D eigenvalue weighted by Crippen LogP contribution is 2.09. The Bertz CT molecular complexity index is 180. The number of rotatable bonds is 4.